The molecular weight excluding hydrogens is 885 g/mol. The lowest BCUT2D eigenvalue weighted by Crippen LogP contribution is -2.52. The van der Waals surface area contributed by atoms with Gasteiger partial charge in [-0.15, -0.1) is 0 Å². The molecule has 69 heavy (non-hydrogen) atoms. The fraction of sp³-hybridized carbons (Fsp3) is 0.300. The second kappa shape index (κ2) is 20.0. The normalized spacial score (nSPS) is 18.4. The maximum absolute atomic E-state index is 13.9. The van der Waals surface area contributed by atoms with Crippen molar-refractivity contribution in [1.29, 1.82) is 0 Å². The van der Waals surface area contributed by atoms with Crippen LogP contribution in [0.4, 0.5) is 16.2 Å². The third kappa shape index (κ3) is 10.2. The van der Waals surface area contributed by atoms with Crippen LogP contribution in [0.25, 0.3) is 10.9 Å². The number of urea groups is 1. The number of nitrogens with zero attached hydrogens (tertiary/aromatic N) is 2. The van der Waals surface area contributed by atoms with Crippen molar-refractivity contribution in [3.8, 4) is 0 Å². The average Bonchev–Trinajstić information content (AvgIpc) is 3.52. The molecule has 2 unspecified atom stereocenters. The summed E-state index contributed by atoms with van der Waals surface area (Å²) in [5.74, 6) is -2.75. The predicted molar refractivity (Wildman–Crippen MR) is 254 cm³/mol. The summed E-state index contributed by atoms with van der Waals surface area (Å²) < 4.78 is 0. The van der Waals surface area contributed by atoms with Gasteiger partial charge in [-0.1, -0.05) is 36.4 Å². The molecule has 356 valence electrons. The van der Waals surface area contributed by atoms with Crippen LogP contribution < -0.4 is 37.6 Å². The number of piperidine rings is 1. The number of hydrogen-bond donors (Lipinski definition) is 8. The van der Waals surface area contributed by atoms with Gasteiger partial charge in [-0.05, 0) is 92.6 Å². The van der Waals surface area contributed by atoms with Crippen LogP contribution in [0.3, 0.4) is 0 Å². The number of hydrogen-bond acceptors (Lipinski definition) is 10. The van der Waals surface area contributed by atoms with E-state index >= 15 is 0 Å². The number of nitrogens with one attached hydrogen (secondary N) is 7. The highest BCUT2D eigenvalue weighted by atomic mass is 16.2. The van der Waals surface area contributed by atoms with E-state index in [1.165, 1.54) is 24.3 Å². The van der Waals surface area contributed by atoms with E-state index < -0.39 is 47.7 Å². The molecule has 0 bridgehead atoms. The van der Waals surface area contributed by atoms with Gasteiger partial charge in [0.2, 0.25) is 17.7 Å². The number of aromatic amines is 1. The van der Waals surface area contributed by atoms with Gasteiger partial charge in [0, 0.05) is 102 Å². The molecule has 1 saturated carbocycles. The van der Waals surface area contributed by atoms with Gasteiger partial charge in [0.1, 0.15) is 17.8 Å². The van der Waals surface area contributed by atoms with Crippen LogP contribution >= 0.6 is 0 Å². The van der Waals surface area contributed by atoms with Crippen molar-refractivity contribution in [1.82, 2.24) is 36.1 Å². The van der Waals surface area contributed by atoms with E-state index in [0.29, 0.717) is 45.7 Å². The molecule has 19 nitrogen and oxygen atoms in total. The highest BCUT2D eigenvalue weighted by molar-refractivity contribution is 6.13. The summed E-state index contributed by atoms with van der Waals surface area (Å²) in [7, 11) is 0. The monoisotopic (exact) mass is 936 g/mol. The summed E-state index contributed by atoms with van der Waals surface area (Å²) in [5.41, 5.74) is 9.96. The molecule has 2 aliphatic heterocycles. The molecule has 3 heterocycles. The maximum atomic E-state index is 13.9. The number of rotatable bonds is 20. The Labute approximate surface area is 396 Å². The molecule has 2 fully saturated rings. The number of nitrogens with two attached hydrogens (primary N) is 1. The molecule has 1 spiro atoms. The molecule has 4 aliphatic rings. The number of carbonyl (C=O) groups excluding carboxylic acids is 9. The summed E-state index contributed by atoms with van der Waals surface area (Å²) in [6, 6.07) is 18.0. The van der Waals surface area contributed by atoms with Crippen LogP contribution in [0.5, 0.6) is 0 Å². The van der Waals surface area contributed by atoms with Gasteiger partial charge in [-0.25, -0.2) is 4.79 Å². The summed E-state index contributed by atoms with van der Waals surface area (Å²) in [4.78, 5) is 121. The highest BCUT2D eigenvalue weighted by Crippen LogP contribution is 2.66. The topological polar surface area (TPSA) is 274 Å². The molecule has 19 heteroatoms. The van der Waals surface area contributed by atoms with Crippen molar-refractivity contribution in [2.24, 2.45) is 11.7 Å². The summed E-state index contributed by atoms with van der Waals surface area (Å²) in [6.45, 7) is 6.66. The smallest absolute Gasteiger partial charge is 0.312 e. The second-order valence-corrected chi connectivity index (χ2v) is 17.6. The van der Waals surface area contributed by atoms with Crippen LogP contribution in [0.15, 0.2) is 109 Å². The summed E-state index contributed by atoms with van der Waals surface area (Å²) >= 11 is 0. The lowest BCUT2D eigenvalue weighted by Gasteiger charge is -2.29. The number of fused-ring (bicyclic) bond motifs is 2. The Hall–Kier alpha value is -8.19. The van der Waals surface area contributed by atoms with E-state index in [1.54, 1.807) is 54.3 Å². The molecule has 9 N–H and O–H groups in total. The second-order valence-electron chi connectivity index (χ2n) is 17.6. The van der Waals surface area contributed by atoms with Gasteiger partial charge in [0.25, 0.3) is 23.6 Å². The molecule has 0 radical (unpaired) electrons. The Kier molecular flexibility index (Phi) is 13.7. The van der Waals surface area contributed by atoms with Crippen LogP contribution in [0.1, 0.15) is 75.8 Å². The lowest BCUT2D eigenvalue weighted by atomic mass is 9.81. The van der Waals surface area contributed by atoms with Crippen molar-refractivity contribution in [2.75, 3.05) is 43.4 Å². The molecule has 1 aromatic heterocycles. The van der Waals surface area contributed by atoms with E-state index in [1.807, 2.05) is 24.3 Å². The van der Waals surface area contributed by atoms with E-state index in [9.17, 15) is 43.2 Å². The number of aromatic nitrogens is 1. The third-order valence-corrected chi connectivity index (χ3v) is 12.8. The number of benzene rings is 3. The fourth-order valence-electron chi connectivity index (χ4n) is 9.28. The van der Waals surface area contributed by atoms with Crippen molar-refractivity contribution >= 4 is 75.4 Å². The number of ketones is 1. The zero-order chi connectivity index (χ0) is 49.0. The van der Waals surface area contributed by atoms with Gasteiger partial charge in [0.15, 0.2) is 5.78 Å². The van der Waals surface area contributed by atoms with Gasteiger partial charge < -0.3 is 47.5 Å². The Morgan fingerprint density at radius 1 is 0.855 bits per heavy atom. The molecular formula is C50H52N10O9. The maximum Gasteiger partial charge on any atom is 0.312 e. The first-order valence-corrected chi connectivity index (χ1v) is 22.7. The Morgan fingerprint density at radius 2 is 1.59 bits per heavy atom. The minimum atomic E-state index is -1.06. The van der Waals surface area contributed by atoms with Crippen molar-refractivity contribution in [3.63, 3.8) is 0 Å². The van der Waals surface area contributed by atoms with E-state index in [2.05, 4.69) is 43.5 Å². The van der Waals surface area contributed by atoms with Gasteiger partial charge in [-0.3, -0.25) is 43.3 Å². The first-order chi connectivity index (χ1) is 33.1. The largest absolute Gasteiger partial charge is 0.355 e. The number of imide groups is 1. The summed E-state index contributed by atoms with van der Waals surface area (Å²) in [6.07, 6.45) is 5.66. The van der Waals surface area contributed by atoms with Crippen molar-refractivity contribution in [2.45, 2.75) is 56.5 Å². The third-order valence-electron chi connectivity index (χ3n) is 12.8. The SMILES string of the molecule is C=C(C)[C@H](NCCNC(=O)CCCN1C(=O)C=CC1=O)C(=O)N[C@@H](CCCNC(N)=O)C(=O)Nc1ccc(C(=O)Nc2ccc3[nH]c(C(=O)N4CC5CC56C4=CC(=O)c4ccccc46)cc3c2)cc1. The number of allylic oxidation sites excluding steroid dienone is 2. The zero-order valence-corrected chi connectivity index (χ0v) is 37.8. The molecule has 1 saturated heterocycles. The number of carbonyl (C=O) groups is 9. The number of amides is 9. The standard InChI is InChI=1S/C50H52N10O9/c1-28(2)44(53-21-20-52-41(62)10-6-22-59-42(63)17-18-43(59)64)47(67)58-37(9-5-19-54-49(51)69)46(66)55-32-13-11-29(12-14-32)45(65)56-33-15-16-36-30(23-33)24-38(57-36)48(68)60-27-31-26-50(31)35-8-4-3-7-34(35)39(61)25-40(50)60/h3-4,7-8,11-18,23-25,31,37,44,53,57H,1,5-6,9-10,19-22,26-27H2,2H3,(H,52,62)(H,55,66)(H,56,65)(H,58,67)(H3,51,54,69)/t31?,37-,44-,50?/m0/s1. The number of H-pyrrole nitrogens is 1. The molecule has 8 rings (SSSR count). The average molecular weight is 937 g/mol. The van der Waals surface area contributed by atoms with Crippen molar-refractivity contribution in [3.05, 3.63) is 131 Å². The quantitative estimate of drug-likeness (QED) is 0.0364. The first-order valence-electron chi connectivity index (χ1n) is 22.7. The van der Waals surface area contributed by atoms with Crippen LogP contribution in [-0.2, 0) is 29.4 Å². The van der Waals surface area contributed by atoms with Crippen LogP contribution in [-0.4, -0.2) is 113 Å². The number of likely N-dealkylation sites (tertiary alicyclic amines) is 1. The Morgan fingerprint density at radius 3 is 2.33 bits per heavy atom. The van der Waals surface area contributed by atoms with E-state index in [-0.39, 0.29) is 86.4 Å². The molecule has 2 aliphatic carbocycles. The lowest BCUT2D eigenvalue weighted by molar-refractivity contribution is -0.137. The van der Waals surface area contributed by atoms with Gasteiger partial charge >= 0.3 is 6.03 Å². The highest BCUT2D eigenvalue weighted by Gasteiger charge is 2.67. The molecule has 4 atom stereocenters. The summed E-state index contributed by atoms with van der Waals surface area (Å²) in [5, 5.41) is 17.3. The van der Waals surface area contributed by atoms with Gasteiger partial charge in [-0.2, -0.15) is 0 Å². The van der Waals surface area contributed by atoms with Crippen LogP contribution in [0.2, 0.25) is 0 Å². The number of primary amides is 1. The van der Waals surface area contributed by atoms with E-state index in [0.717, 1.165) is 22.6 Å². The molecule has 9 amide bonds. The zero-order valence-electron chi connectivity index (χ0n) is 37.8. The van der Waals surface area contributed by atoms with Crippen molar-refractivity contribution < 1.29 is 43.2 Å². The minimum Gasteiger partial charge on any atom is -0.355 e. The van der Waals surface area contributed by atoms with E-state index in [4.69, 9.17) is 5.73 Å². The minimum absolute atomic E-state index is 0.0822. The fourth-order valence-corrected chi connectivity index (χ4v) is 9.28. The van der Waals surface area contributed by atoms with Crippen LogP contribution in [0, 0.1) is 5.92 Å². The molecule has 3 aromatic carbocycles. The Balaban J connectivity index is 0.836. The number of anilines is 2. The molecule has 4 aromatic rings. The Bertz CT molecular complexity index is 2850. The predicted octanol–water partition coefficient (Wildman–Crippen LogP) is 3.14. The van der Waals surface area contributed by atoms with Gasteiger partial charge in [0.05, 0.1) is 0 Å². The first kappa shape index (κ1) is 47.3.